The van der Waals surface area contributed by atoms with Crippen LogP contribution in [0.1, 0.15) is 52.5 Å². The first-order valence-corrected chi connectivity index (χ1v) is 12.2. The number of aliphatic hydroxyl groups excluding tert-OH is 1. The van der Waals surface area contributed by atoms with Gasteiger partial charge in [-0.15, -0.1) is 23.5 Å². The van der Waals surface area contributed by atoms with Crippen LogP contribution in [-0.4, -0.2) is 49.8 Å². The van der Waals surface area contributed by atoms with Gasteiger partial charge in [0.2, 0.25) is 0 Å². The molecular weight excluding hydrogens is 454 g/mol. The number of para-hydroxylation sites is 1. The van der Waals surface area contributed by atoms with E-state index >= 15 is 0 Å². The Labute approximate surface area is 196 Å². The van der Waals surface area contributed by atoms with Gasteiger partial charge >= 0.3 is 11.9 Å². The van der Waals surface area contributed by atoms with Crippen LogP contribution in [0.2, 0.25) is 0 Å². The summed E-state index contributed by atoms with van der Waals surface area (Å²) in [5, 5.41) is 22.5. The molecule has 176 valence electrons. The molecule has 0 bridgehead atoms. The monoisotopic (exact) mass is 483 g/mol. The van der Waals surface area contributed by atoms with Gasteiger partial charge in [0.1, 0.15) is 11.4 Å². The fourth-order valence-corrected chi connectivity index (χ4v) is 6.81. The SMILES string of the molecule is CCOC(=O)C1(C(/C(C(=O)OC(C)(C)C)=C(/C)O)c2ccccc2[N+](=O)[O-])SCCCS1. The van der Waals surface area contributed by atoms with E-state index in [-0.39, 0.29) is 29.2 Å². The van der Waals surface area contributed by atoms with E-state index in [2.05, 4.69) is 0 Å². The third-order valence-corrected chi connectivity index (χ3v) is 7.96. The summed E-state index contributed by atoms with van der Waals surface area (Å²) in [6.07, 6.45) is 0.823. The number of hydrogen-bond donors (Lipinski definition) is 1. The van der Waals surface area contributed by atoms with Gasteiger partial charge in [-0.25, -0.2) is 9.59 Å². The van der Waals surface area contributed by atoms with E-state index in [1.165, 1.54) is 48.6 Å². The second-order valence-corrected chi connectivity index (χ2v) is 11.1. The Morgan fingerprint density at radius 2 is 1.84 bits per heavy atom. The minimum Gasteiger partial charge on any atom is -0.512 e. The standard InChI is InChI=1S/C22H29NO7S2/c1-6-29-20(26)22(31-12-9-13-32-22)18(15-10-7-8-11-16(15)23(27)28)17(14(2)24)19(25)30-21(3,4)5/h7-8,10-11,18,24H,6,9,12-13H2,1-5H3/b17-14+. The second-order valence-electron chi connectivity index (χ2n) is 8.19. The molecule has 1 aliphatic heterocycles. The van der Waals surface area contributed by atoms with Crippen LogP contribution in [-0.2, 0) is 19.1 Å². The number of carbonyl (C=O) groups excluding carboxylic acids is 2. The van der Waals surface area contributed by atoms with Crippen LogP contribution in [0.4, 0.5) is 5.69 Å². The molecule has 1 aromatic carbocycles. The van der Waals surface area contributed by atoms with E-state index in [0.717, 1.165) is 6.42 Å². The summed E-state index contributed by atoms with van der Waals surface area (Å²) in [5.41, 5.74) is -1.18. The lowest BCUT2D eigenvalue weighted by atomic mass is 9.85. The van der Waals surface area contributed by atoms with E-state index in [0.29, 0.717) is 11.5 Å². The van der Waals surface area contributed by atoms with Gasteiger partial charge < -0.3 is 14.6 Å². The smallest absolute Gasteiger partial charge is 0.338 e. The lowest BCUT2D eigenvalue weighted by Crippen LogP contribution is -2.45. The number of thioether (sulfide) groups is 2. The van der Waals surface area contributed by atoms with Crippen LogP contribution in [0.5, 0.6) is 0 Å². The number of nitro benzene ring substituents is 1. The Morgan fingerprint density at radius 3 is 2.34 bits per heavy atom. The maximum absolute atomic E-state index is 13.4. The molecule has 1 unspecified atom stereocenters. The van der Waals surface area contributed by atoms with Gasteiger partial charge in [-0.1, -0.05) is 18.2 Å². The number of ether oxygens (including phenoxy) is 2. The Hall–Kier alpha value is -2.20. The lowest BCUT2D eigenvalue weighted by molar-refractivity contribution is -0.385. The molecule has 1 N–H and O–H groups in total. The van der Waals surface area contributed by atoms with E-state index in [4.69, 9.17) is 9.47 Å². The fourth-order valence-electron chi connectivity index (χ4n) is 3.44. The molecule has 0 spiro atoms. The molecule has 1 aliphatic rings. The zero-order valence-corrected chi connectivity index (χ0v) is 20.5. The van der Waals surface area contributed by atoms with Crippen LogP contribution in [0.15, 0.2) is 35.6 Å². The number of allylic oxidation sites excluding steroid dienone is 1. The Balaban J connectivity index is 2.85. The molecule has 2 rings (SSSR count). The number of nitrogens with zero attached hydrogens (tertiary/aromatic N) is 1. The van der Waals surface area contributed by atoms with Gasteiger partial charge in [0.15, 0.2) is 4.08 Å². The first-order valence-electron chi connectivity index (χ1n) is 10.3. The molecule has 32 heavy (non-hydrogen) atoms. The van der Waals surface area contributed by atoms with E-state index < -0.39 is 32.5 Å². The third kappa shape index (κ3) is 5.78. The van der Waals surface area contributed by atoms with Gasteiger partial charge in [-0.05, 0) is 52.5 Å². The van der Waals surface area contributed by atoms with Crippen LogP contribution < -0.4 is 0 Å². The first kappa shape index (κ1) is 26.1. The molecule has 1 atom stereocenters. The zero-order valence-electron chi connectivity index (χ0n) is 18.9. The predicted octanol–water partition coefficient (Wildman–Crippen LogP) is 4.98. The average molecular weight is 484 g/mol. The number of esters is 2. The number of nitro groups is 1. The molecule has 0 saturated carbocycles. The van der Waals surface area contributed by atoms with Crippen molar-refractivity contribution >= 4 is 41.1 Å². The minimum absolute atomic E-state index is 0.106. The van der Waals surface area contributed by atoms with Crippen molar-refractivity contribution in [2.75, 3.05) is 18.1 Å². The molecule has 10 heteroatoms. The molecule has 0 aliphatic carbocycles. The van der Waals surface area contributed by atoms with Crippen LogP contribution in [0.3, 0.4) is 0 Å². The molecule has 0 aromatic heterocycles. The van der Waals surface area contributed by atoms with Crippen LogP contribution >= 0.6 is 23.5 Å². The zero-order chi connectivity index (χ0) is 24.1. The van der Waals surface area contributed by atoms with Crippen LogP contribution in [0, 0.1) is 10.1 Å². The number of aliphatic hydroxyl groups is 1. The highest BCUT2D eigenvalue weighted by Crippen LogP contribution is 2.56. The lowest BCUT2D eigenvalue weighted by Gasteiger charge is -2.40. The van der Waals surface area contributed by atoms with Crippen molar-refractivity contribution < 1.29 is 29.1 Å². The highest BCUT2D eigenvalue weighted by molar-refractivity contribution is 8.20. The van der Waals surface area contributed by atoms with Gasteiger partial charge in [-0.2, -0.15) is 0 Å². The molecule has 1 heterocycles. The summed E-state index contributed by atoms with van der Waals surface area (Å²) in [7, 11) is 0. The molecule has 1 fully saturated rings. The van der Waals surface area contributed by atoms with E-state index in [9.17, 15) is 24.8 Å². The summed E-state index contributed by atoms with van der Waals surface area (Å²) in [6, 6.07) is 5.94. The molecule has 0 radical (unpaired) electrons. The summed E-state index contributed by atoms with van der Waals surface area (Å²) >= 11 is 2.55. The third-order valence-electron chi connectivity index (χ3n) is 4.60. The summed E-state index contributed by atoms with van der Waals surface area (Å²) in [6.45, 7) is 8.14. The molecule has 8 nitrogen and oxygen atoms in total. The van der Waals surface area contributed by atoms with Gasteiger partial charge in [0.05, 0.1) is 23.0 Å². The van der Waals surface area contributed by atoms with Crippen LogP contribution in [0.25, 0.3) is 0 Å². The topological polar surface area (TPSA) is 116 Å². The van der Waals surface area contributed by atoms with Crippen molar-refractivity contribution in [2.24, 2.45) is 0 Å². The average Bonchev–Trinajstić information content (AvgIpc) is 2.70. The van der Waals surface area contributed by atoms with Gasteiger partial charge in [0.25, 0.3) is 5.69 Å². The quantitative estimate of drug-likeness (QED) is 0.188. The number of rotatable bonds is 7. The van der Waals surface area contributed by atoms with Crippen molar-refractivity contribution in [3.63, 3.8) is 0 Å². The largest absolute Gasteiger partial charge is 0.512 e. The van der Waals surface area contributed by atoms with Gasteiger partial charge in [-0.3, -0.25) is 10.1 Å². The van der Waals surface area contributed by atoms with Crippen molar-refractivity contribution in [1.82, 2.24) is 0 Å². The fraction of sp³-hybridized carbons (Fsp3) is 0.545. The summed E-state index contributed by atoms with van der Waals surface area (Å²) in [5.74, 6) is -1.78. The Morgan fingerprint density at radius 1 is 1.25 bits per heavy atom. The normalized spacial score (nSPS) is 17.7. The Bertz CT molecular complexity index is 898. The van der Waals surface area contributed by atoms with Crippen molar-refractivity contribution in [3.8, 4) is 0 Å². The maximum atomic E-state index is 13.4. The molecule has 1 saturated heterocycles. The van der Waals surface area contributed by atoms with Crippen molar-refractivity contribution in [2.45, 2.75) is 56.6 Å². The van der Waals surface area contributed by atoms with E-state index in [1.807, 2.05) is 0 Å². The molecule has 0 amide bonds. The predicted molar refractivity (Wildman–Crippen MR) is 126 cm³/mol. The maximum Gasteiger partial charge on any atom is 0.338 e. The number of benzene rings is 1. The molecular formula is C22H29NO7S2. The number of carbonyl (C=O) groups is 2. The highest BCUT2D eigenvalue weighted by Gasteiger charge is 2.55. The second kappa shape index (κ2) is 10.6. The first-order chi connectivity index (χ1) is 14.9. The minimum atomic E-state index is -1.41. The van der Waals surface area contributed by atoms with Crippen molar-refractivity contribution in [1.29, 1.82) is 0 Å². The highest BCUT2D eigenvalue weighted by atomic mass is 32.2. The Kier molecular flexibility index (Phi) is 8.64. The molecule has 1 aromatic rings. The van der Waals surface area contributed by atoms with E-state index in [1.54, 1.807) is 33.8 Å². The van der Waals surface area contributed by atoms with Crippen molar-refractivity contribution in [3.05, 3.63) is 51.3 Å². The number of hydrogen-bond acceptors (Lipinski definition) is 9. The summed E-state index contributed by atoms with van der Waals surface area (Å²) in [4.78, 5) is 38.0. The summed E-state index contributed by atoms with van der Waals surface area (Å²) < 4.78 is 9.53. The van der Waals surface area contributed by atoms with Gasteiger partial charge in [0, 0.05) is 11.6 Å².